The van der Waals surface area contributed by atoms with Gasteiger partial charge in [0.15, 0.2) is 0 Å². The first-order valence-electron chi connectivity index (χ1n) is 7.33. The summed E-state index contributed by atoms with van der Waals surface area (Å²) in [6.45, 7) is 1.39. The standard InChI is InChI=1S/C16H16ClF3N2O3S/c1-10-8-13(9-21(2)15(10)23)26(24,25)22(3)14(16(18,19)20)11-4-6-12(17)7-5-11/h4-9,14H,1-3H3/t14-/m1/s1. The first kappa shape index (κ1) is 20.5. The smallest absolute Gasteiger partial charge is 0.317 e. The molecule has 0 fully saturated rings. The van der Waals surface area contributed by atoms with Crippen LogP contribution < -0.4 is 5.56 Å². The highest BCUT2D eigenvalue weighted by atomic mass is 35.5. The predicted molar refractivity (Wildman–Crippen MR) is 91.6 cm³/mol. The lowest BCUT2D eigenvalue weighted by Crippen LogP contribution is -2.40. The Morgan fingerprint density at radius 2 is 1.73 bits per heavy atom. The number of nitrogens with zero attached hydrogens (tertiary/aromatic N) is 2. The Morgan fingerprint density at radius 3 is 2.19 bits per heavy atom. The van der Waals surface area contributed by atoms with Crippen LogP contribution in [-0.4, -0.2) is 30.5 Å². The largest absolute Gasteiger partial charge is 0.409 e. The lowest BCUT2D eigenvalue weighted by molar-refractivity contribution is -0.171. The number of aryl methyl sites for hydroxylation is 2. The van der Waals surface area contributed by atoms with Crippen molar-refractivity contribution >= 4 is 21.6 Å². The lowest BCUT2D eigenvalue weighted by atomic mass is 10.1. The van der Waals surface area contributed by atoms with Gasteiger partial charge in [-0.3, -0.25) is 4.79 Å². The van der Waals surface area contributed by atoms with Crippen LogP contribution in [-0.2, 0) is 17.1 Å². The van der Waals surface area contributed by atoms with E-state index in [4.69, 9.17) is 11.6 Å². The maximum absolute atomic E-state index is 13.6. The average Bonchev–Trinajstić information content (AvgIpc) is 2.52. The number of rotatable bonds is 4. The zero-order valence-corrected chi connectivity index (χ0v) is 15.7. The number of sulfonamides is 1. The van der Waals surface area contributed by atoms with E-state index in [1.807, 2.05) is 0 Å². The van der Waals surface area contributed by atoms with Crippen LogP contribution in [0.2, 0.25) is 5.02 Å². The van der Waals surface area contributed by atoms with Crippen molar-refractivity contribution in [2.45, 2.75) is 24.0 Å². The molecule has 26 heavy (non-hydrogen) atoms. The first-order valence-corrected chi connectivity index (χ1v) is 9.15. The molecule has 1 aromatic carbocycles. The Hall–Kier alpha value is -1.84. The van der Waals surface area contributed by atoms with Crippen LogP contribution in [0.1, 0.15) is 17.2 Å². The minimum absolute atomic E-state index is 0.108. The fourth-order valence-corrected chi connectivity index (χ4v) is 4.13. The molecule has 2 aromatic rings. The summed E-state index contributed by atoms with van der Waals surface area (Å²) in [4.78, 5) is 11.3. The van der Waals surface area contributed by atoms with Gasteiger partial charge in [-0.05, 0) is 30.7 Å². The molecule has 0 unspecified atom stereocenters. The SMILES string of the molecule is Cc1cc(S(=O)(=O)N(C)[C@H](c2ccc(Cl)cc2)C(F)(F)F)cn(C)c1=O. The molecular formula is C16H16ClF3N2O3S. The maximum Gasteiger partial charge on any atom is 0.409 e. The Kier molecular flexibility index (Phi) is 5.55. The third-order valence-corrected chi connectivity index (χ3v) is 5.91. The molecule has 0 aliphatic heterocycles. The Morgan fingerprint density at radius 1 is 1.19 bits per heavy atom. The van der Waals surface area contributed by atoms with Gasteiger partial charge in [0.05, 0.1) is 4.90 Å². The zero-order chi connectivity index (χ0) is 19.9. The number of benzene rings is 1. The van der Waals surface area contributed by atoms with Gasteiger partial charge in [-0.15, -0.1) is 0 Å². The molecule has 0 saturated heterocycles. The molecule has 5 nitrogen and oxygen atoms in total. The van der Waals surface area contributed by atoms with E-state index in [0.717, 1.165) is 36.0 Å². The van der Waals surface area contributed by atoms with E-state index >= 15 is 0 Å². The van der Waals surface area contributed by atoms with E-state index < -0.39 is 32.7 Å². The van der Waals surface area contributed by atoms with Gasteiger partial charge in [0.1, 0.15) is 6.04 Å². The second-order valence-corrected chi connectivity index (χ2v) is 8.23. The van der Waals surface area contributed by atoms with E-state index in [0.29, 0.717) is 0 Å². The molecule has 0 bridgehead atoms. The van der Waals surface area contributed by atoms with E-state index in [-0.39, 0.29) is 20.5 Å². The molecule has 0 aliphatic rings. The summed E-state index contributed by atoms with van der Waals surface area (Å²) in [5.41, 5.74) is -0.594. The summed E-state index contributed by atoms with van der Waals surface area (Å²) in [6, 6.07) is 3.42. The third kappa shape index (κ3) is 3.94. The molecule has 2 rings (SSSR count). The van der Waals surface area contributed by atoms with Crippen molar-refractivity contribution in [3.05, 3.63) is 63.0 Å². The third-order valence-electron chi connectivity index (χ3n) is 3.87. The zero-order valence-electron chi connectivity index (χ0n) is 14.1. The second-order valence-electron chi connectivity index (χ2n) is 5.79. The summed E-state index contributed by atoms with van der Waals surface area (Å²) >= 11 is 5.70. The van der Waals surface area contributed by atoms with Gasteiger partial charge in [0.2, 0.25) is 10.0 Å². The first-order chi connectivity index (χ1) is 11.9. The molecule has 0 aliphatic carbocycles. The monoisotopic (exact) mass is 408 g/mol. The summed E-state index contributed by atoms with van der Waals surface area (Å²) in [5.74, 6) is 0. The van der Waals surface area contributed by atoms with E-state index in [2.05, 4.69) is 0 Å². The van der Waals surface area contributed by atoms with Crippen LogP contribution in [0, 0.1) is 6.92 Å². The summed E-state index contributed by atoms with van der Waals surface area (Å²) < 4.78 is 67.7. The van der Waals surface area contributed by atoms with Crippen molar-refractivity contribution in [3.8, 4) is 0 Å². The quantitative estimate of drug-likeness (QED) is 0.780. The number of alkyl halides is 3. The molecule has 1 aromatic heterocycles. The number of halogens is 4. The van der Waals surface area contributed by atoms with Crippen LogP contribution >= 0.6 is 11.6 Å². The topological polar surface area (TPSA) is 59.4 Å². The second kappa shape index (κ2) is 7.05. The lowest BCUT2D eigenvalue weighted by Gasteiger charge is -2.29. The van der Waals surface area contributed by atoms with Crippen molar-refractivity contribution in [2.75, 3.05) is 7.05 Å². The van der Waals surface area contributed by atoms with Crippen LogP contribution in [0.5, 0.6) is 0 Å². The maximum atomic E-state index is 13.6. The van der Waals surface area contributed by atoms with Gasteiger partial charge in [-0.2, -0.15) is 17.5 Å². The van der Waals surface area contributed by atoms with Crippen molar-refractivity contribution in [2.24, 2.45) is 7.05 Å². The molecule has 1 atom stereocenters. The Bertz CT molecular complexity index is 943. The molecule has 0 saturated carbocycles. The Balaban J connectivity index is 2.59. The minimum Gasteiger partial charge on any atom is -0.317 e. The van der Waals surface area contributed by atoms with Crippen molar-refractivity contribution in [1.29, 1.82) is 0 Å². The Labute approximate surface area is 153 Å². The van der Waals surface area contributed by atoms with Gasteiger partial charge >= 0.3 is 6.18 Å². The normalized spacial score (nSPS) is 13.8. The molecule has 0 amide bonds. The predicted octanol–water partition coefficient (Wildman–Crippen LogP) is 3.27. The number of hydrogen-bond donors (Lipinski definition) is 0. The van der Waals surface area contributed by atoms with Crippen LogP contribution in [0.25, 0.3) is 0 Å². The van der Waals surface area contributed by atoms with E-state index in [1.165, 1.54) is 26.1 Å². The van der Waals surface area contributed by atoms with Gasteiger partial charge in [-0.1, -0.05) is 23.7 Å². The molecule has 10 heteroatoms. The van der Waals surface area contributed by atoms with Crippen LogP contribution in [0.15, 0.2) is 46.2 Å². The fraction of sp³-hybridized carbons (Fsp3) is 0.312. The number of hydrogen-bond acceptors (Lipinski definition) is 3. The highest BCUT2D eigenvalue weighted by molar-refractivity contribution is 7.89. The van der Waals surface area contributed by atoms with Gasteiger partial charge < -0.3 is 4.57 Å². The number of pyridine rings is 1. The molecule has 0 spiro atoms. The van der Waals surface area contributed by atoms with Crippen molar-refractivity contribution in [3.63, 3.8) is 0 Å². The van der Waals surface area contributed by atoms with E-state index in [9.17, 15) is 26.4 Å². The average molecular weight is 409 g/mol. The molecule has 142 valence electrons. The van der Waals surface area contributed by atoms with E-state index in [1.54, 1.807) is 0 Å². The molecule has 0 radical (unpaired) electrons. The number of aromatic nitrogens is 1. The highest BCUT2D eigenvalue weighted by Gasteiger charge is 2.47. The van der Waals surface area contributed by atoms with Gasteiger partial charge in [-0.25, -0.2) is 8.42 Å². The highest BCUT2D eigenvalue weighted by Crippen LogP contribution is 2.39. The van der Waals surface area contributed by atoms with Crippen molar-refractivity contribution in [1.82, 2.24) is 8.87 Å². The molecule has 1 heterocycles. The van der Waals surface area contributed by atoms with Gasteiger partial charge in [0, 0.05) is 30.9 Å². The summed E-state index contributed by atoms with van der Waals surface area (Å²) in [7, 11) is -2.34. The van der Waals surface area contributed by atoms with Crippen LogP contribution in [0.3, 0.4) is 0 Å². The summed E-state index contributed by atoms with van der Waals surface area (Å²) in [6.07, 6.45) is -3.86. The fourth-order valence-electron chi connectivity index (χ4n) is 2.54. The van der Waals surface area contributed by atoms with Crippen LogP contribution in [0.4, 0.5) is 13.2 Å². The summed E-state index contributed by atoms with van der Waals surface area (Å²) in [5, 5.41) is 0.230. The molecule has 0 N–H and O–H groups in total. The minimum atomic E-state index is -4.86. The van der Waals surface area contributed by atoms with Gasteiger partial charge in [0.25, 0.3) is 5.56 Å². The molecular weight excluding hydrogens is 393 g/mol. The van der Waals surface area contributed by atoms with Crippen molar-refractivity contribution < 1.29 is 21.6 Å².